The van der Waals surface area contributed by atoms with Crippen molar-refractivity contribution in [3.63, 3.8) is 0 Å². The zero-order valence-corrected chi connectivity index (χ0v) is 7.71. The first-order chi connectivity index (χ1) is 6.91. The van der Waals surface area contributed by atoms with Gasteiger partial charge in [0.2, 0.25) is 0 Å². The van der Waals surface area contributed by atoms with E-state index in [4.69, 9.17) is 5.11 Å². The summed E-state index contributed by atoms with van der Waals surface area (Å²) in [5.41, 5.74) is -0.737. The zero-order valence-electron chi connectivity index (χ0n) is 7.71. The highest BCUT2D eigenvalue weighted by Crippen LogP contribution is 2.32. The minimum atomic E-state index is -4.42. The molecule has 0 bridgehead atoms. The van der Waals surface area contributed by atoms with Crippen molar-refractivity contribution in [1.29, 1.82) is 0 Å². The summed E-state index contributed by atoms with van der Waals surface area (Å²) in [6.45, 7) is 0. The fourth-order valence-corrected chi connectivity index (χ4v) is 1.26. The Morgan fingerprint density at radius 1 is 1.27 bits per heavy atom. The van der Waals surface area contributed by atoms with Gasteiger partial charge in [-0.25, -0.2) is 0 Å². The van der Waals surface area contributed by atoms with Crippen molar-refractivity contribution in [3.8, 4) is 0 Å². The lowest BCUT2D eigenvalue weighted by Crippen LogP contribution is -2.10. The third kappa shape index (κ3) is 3.27. The Labute approximate surface area is 84.3 Å². The van der Waals surface area contributed by atoms with Gasteiger partial charge in [-0.1, -0.05) is 18.2 Å². The number of halogens is 3. The van der Waals surface area contributed by atoms with Crippen LogP contribution in [-0.4, -0.2) is 11.1 Å². The molecule has 1 aromatic rings. The quantitative estimate of drug-likeness (QED) is 0.846. The lowest BCUT2D eigenvalue weighted by Gasteiger charge is -2.11. The Kier molecular flexibility index (Phi) is 3.34. The van der Waals surface area contributed by atoms with E-state index in [1.807, 2.05) is 0 Å². The first-order valence-electron chi connectivity index (χ1n) is 4.28. The van der Waals surface area contributed by atoms with Gasteiger partial charge >= 0.3 is 12.1 Å². The van der Waals surface area contributed by atoms with E-state index in [1.165, 1.54) is 18.2 Å². The van der Waals surface area contributed by atoms with Crippen LogP contribution >= 0.6 is 0 Å². The number of hydrogen-bond donors (Lipinski definition) is 1. The highest BCUT2D eigenvalue weighted by Gasteiger charge is 2.32. The Balaban J connectivity index is 2.92. The average Bonchev–Trinajstić information content (AvgIpc) is 2.13. The standard InChI is InChI=1S/C10H9F3O2/c11-10(12,13)8-4-2-1-3-7(8)5-6-9(14)15/h1-4H,5-6H2,(H,14,15). The highest BCUT2D eigenvalue weighted by molar-refractivity contribution is 5.67. The summed E-state index contributed by atoms with van der Waals surface area (Å²) in [6, 6.07) is 5.00. The Morgan fingerprint density at radius 2 is 1.87 bits per heavy atom. The van der Waals surface area contributed by atoms with Gasteiger partial charge in [-0.05, 0) is 18.1 Å². The first kappa shape index (κ1) is 11.6. The zero-order chi connectivity index (χ0) is 11.5. The molecule has 0 aromatic heterocycles. The van der Waals surface area contributed by atoms with E-state index in [0.717, 1.165) is 6.07 Å². The molecule has 5 heteroatoms. The van der Waals surface area contributed by atoms with Crippen LogP contribution in [0.4, 0.5) is 13.2 Å². The Bertz CT molecular complexity index is 358. The SMILES string of the molecule is O=C(O)CCc1ccccc1C(F)(F)F. The van der Waals surface area contributed by atoms with E-state index < -0.39 is 17.7 Å². The number of alkyl halides is 3. The second kappa shape index (κ2) is 4.33. The van der Waals surface area contributed by atoms with Crippen LogP contribution < -0.4 is 0 Å². The maximum atomic E-state index is 12.4. The van der Waals surface area contributed by atoms with Crippen molar-refractivity contribution in [2.24, 2.45) is 0 Å². The van der Waals surface area contributed by atoms with Gasteiger partial charge in [-0.15, -0.1) is 0 Å². The smallest absolute Gasteiger partial charge is 0.416 e. The van der Waals surface area contributed by atoms with Crippen LogP contribution in [0.5, 0.6) is 0 Å². The second-order valence-electron chi connectivity index (χ2n) is 3.05. The van der Waals surface area contributed by atoms with E-state index in [9.17, 15) is 18.0 Å². The van der Waals surface area contributed by atoms with Crippen LogP contribution in [-0.2, 0) is 17.4 Å². The lowest BCUT2D eigenvalue weighted by atomic mass is 10.0. The molecule has 0 aliphatic heterocycles. The fraction of sp³-hybridized carbons (Fsp3) is 0.300. The van der Waals surface area contributed by atoms with Gasteiger partial charge < -0.3 is 5.11 Å². The molecule has 0 fully saturated rings. The van der Waals surface area contributed by atoms with E-state index in [-0.39, 0.29) is 18.4 Å². The first-order valence-corrected chi connectivity index (χ1v) is 4.28. The fourth-order valence-electron chi connectivity index (χ4n) is 1.26. The molecule has 0 spiro atoms. The van der Waals surface area contributed by atoms with Gasteiger partial charge in [0.05, 0.1) is 5.56 Å². The number of rotatable bonds is 3. The summed E-state index contributed by atoms with van der Waals surface area (Å²) in [5, 5.41) is 8.39. The number of aryl methyl sites for hydroxylation is 1. The van der Waals surface area contributed by atoms with Crippen molar-refractivity contribution >= 4 is 5.97 Å². The van der Waals surface area contributed by atoms with E-state index in [1.54, 1.807) is 0 Å². The van der Waals surface area contributed by atoms with Crippen LogP contribution in [0, 0.1) is 0 Å². The van der Waals surface area contributed by atoms with Crippen molar-refractivity contribution in [2.75, 3.05) is 0 Å². The topological polar surface area (TPSA) is 37.3 Å². The minimum Gasteiger partial charge on any atom is -0.481 e. The van der Waals surface area contributed by atoms with Crippen LogP contribution in [0.3, 0.4) is 0 Å². The molecule has 0 aliphatic carbocycles. The number of benzene rings is 1. The van der Waals surface area contributed by atoms with E-state index in [0.29, 0.717) is 0 Å². The molecule has 0 saturated carbocycles. The lowest BCUT2D eigenvalue weighted by molar-refractivity contribution is -0.140. The molecule has 0 amide bonds. The average molecular weight is 218 g/mol. The summed E-state index contributed by atoms with van der Waals surface area (Å²) in [7, 11) is 0. The van der Waals surface area contributed by atoms with Crippen molar-refractivity contribution in [3.05, 3.63) is 35.4 Å². The predicted molar refractivity (Wildman–Crippen MR) is 47.4 cm³/mol. The van der Waals surface area contributed by atoms with Crippen LogP contribution in [0.25, 0.3) is 0 Å². The van der Waals surface area contributed by atoms with Gasteiger partial charge in [0, 0.05) is 6.42 Å². The molecular weight excluding hydrogens is 209 g/mol. The predicted octanol–water partition coefficient (Wildman–Crippen LogP) is 2.72. The highest BCUT2D eigenvalue weighted by atomic mass is 19.4. The molecule has 0 unspecified atom stereocenters. The van der Waals surface area contributed by atoms with E-state index in [2.05, 4.69) is 0 Å². The largest absolute Gasteiger partial charge is 0.481 e. The molecule has 15 heavy (non-hydrogen) atoms. The minimum absolute atomic E-state index is 0.0207. The maximum absolute atomic E-state index is 12.4. The summed E-state index contributed by atoms with van der Waals surface area (Å²) < 4.78 is 37.3. The monoisotopic (exact) mass is 218 g/mol. The second-order valence-corrected chi connectivity index (χ2v) is 3.05. The molecule has 0 atom stereocenters. The molecule has 2 nitrogen and oxygen atoms in total. The Hall–Kier alpha value is -1.52. The number of hydrogen-bond acceptors (Lipinski definition) is 1. The maximum Gasteiger partial charge on any atom is 0.416 e. The molecule has 0 aliphatic rings. The van der Waals surface area contributed by atoms with Gasteiger partial charge in [0.1, 0.15) is 0 Å². The summed E-state index contributed by atoms with van der Waals surface area (Å²) in [6.07, 6.45) is -4.83. The third-order valence-electron chi connectivity index (χ3n) is 1.93. The molecule has 1 rings (SSSR count). The van der Waals surface area contributed by atoms with Gasteiger partial charge in [-0.3, -0.25) is 4.79 Å². The molecule has 1 N–H and O–H groups in total. The van der Waals surface area contributed by atoms with Crippen LogP contribution in [0.15, 0.2) is 24.3 Å². The molecule has 82 valence electrons. The molecule has 0 heterocycles. The third-order valence-corrected chi connectivity index (χ3v) is 1.93. The summed E-state index contributed by atoms with van der Waals surface area (Å²) >= 11 is 0. The van der Waals surface area contributed by atoms with Crippen molar-refractivity contribution in [2.45, 2.75) is 19.0 Å². The number of carbonyl (C=O) groups is 1. The van der Waals surface area contributed by atoms with Crippen molar-refractivity contribution < 1.29 is 23.1 Å². The molecule has 0 radical (unpaired) electrons. The number of carboxylic acid groups (broad SMARTS) is 1. The summed E-state index contributed by atoms with van der Waals surface area (Å²) in [5.74, 6) is -1.10. The van der Waals surface area contributed by atoms with Gasteiger partial charge in [0.15, 0.2) is 0 Å². The molecule has 1 aromatic carbocycles. The summed E-state index contributed by atoms with van der Waals surface area (Å²) in [4.78, 5) is 10.3. The molecular formula is C10H9F3O2. The van der Waals surface area contributed by atoms with E-state index >= 15 is 0 Å². The van der Waals surface area contributed by atoms with Gasteiger partial charge in [-0.2, -0.15) is 13.2 Å². The van der Waals surface area contributed by atoms with Crippen LogP contribution in [0.2, 0.25) is 0 Å². The van der Waals surface area contributed by atoms with Crippen LogP contribution in [0.1, 0.15) is 17.5 Å². The van der Waals surface area contributed by atoms with Gasteiger partial charge in [0.25, 0.3) is 0 Å². The number of aliphatic carboxylic acids is 1. The normalized spacial score (nSPS) is 11.4. The molecule has 0 saturated heterocycles. The van der Waals surface area contributed by atoms with Crippen molar-refractivity contribution in [1.82, 2.24) is 0 Å². The Morgan fingerprint density at radius 3 is 2.40 bits per heavy atom. The number of carboxylic acids is 1.